The first-order chi connectivity index (χ1) is 28.5. The van der Waals surface area contributed by atoms with Crippen molar-refractivity contribution < 1.29 is 0 Å². The van der Waals surface area contributed by atoms with E-state index in [1.165, 1.54) is 49.3 Å². The first-order valence-corrected chi connectivity index (χ1v) is 20.1. The van der Waals surface area contributed by atoms with Crippen LogP contribution in [0.15, 0.2) is 212 Å². The van der Waals surface area contributed by atoms with Crippen molar-refractivity contribution in [2.75, 3.05) is 9.80 Å². The molecule has 0 amide bonds. The Morgan fingerprint density at radius 1 is 0.379 bits per heavy atom. The van der Waals surface area contributed by atoms with Crippen LogP contribution >= 0.6 is 0 Å². The van der Waals surface area contributed by atoms with Crippen LogP contribution in [0, 0.1) is 0 Å². The van der Waals surface area contributed by atoms with Crippen LogP contribution in [-0.4, -0.2) is 4.57 Å². The summed E-state index contributed by atoms with van der Waals surface area (Å²) in [4.78, 5) is 4.86. The second-order valence-corrected chi connectivity index (χ2v) is 15.8. The lowest BCUT2D eigenvalue weighted by Crippen LogP contribution is -2.17. The van der Waals surface area contributed by atoms with E-state index >= 15 is 0 Å². The van der Waals surface area contributed by atoms with Crippen molar-refractivity contribution in [1.29, 1.82) is 0 Å². The summed E-state index contributed by atoms with van der Waals surface area (Å²) in [6.45, 7) is 4.76. The quantitative estimate of drug-likeness (QED) is 0.161. The Balaban J connectivity index is 1.22. The molecule has 9 aromatic carbocycles. The van der Waals surface area contributed by atoms with Crippen LogP contribution in [0.4, 0.5) is 34.1 Å². The van der Waals surface area contributed by atoms with Crippen molar-refractivity contribution in [3.05, 3.63) is 223 Å². The molecule has 0 aliphatic heterocycles. The zero-order valence-electron chi connectivity index (χ0n) is 32.5. The lowest BCUT2D eigenvalue weighted by Gasteiger charge is -2.31. The molecule has 1 aliphatic carbocycles. The van der Waals surface area contributed by atoms with Crippen LogP contribution in [0.25, 0.3) is 49.4 Å². The van der Waals surface area contributed by atoms with Crippen molar-refractivity contribution in [1.82, 2.24) is 4.57 Å². The fraction of sp³-hybridized carbons (Fsp3) is 0.0545. The number of aromatic nitrogens is 1. The van der Waals surface area contributed by atoms with Gasteiger partial charge in [0.1, 0.15) is 0 Å². The van der Waals surface area contributed by atoms with E-state index in [1.54, 1.807) is 0 Å². The Bertz CT molecular complexity index is 3090. The van der Waals surface area contributed by atoms with Crippen molar-refractivity contribution >= 4 is 66.7 Å². The molecule has 0 saturated heterocycles. The number of hydrogen-bond acceptors (Lipinski definition) is 2. The van der Waals surface area contributed by atoms with Gasteiger partial charge in [-0.2, -0.15) is 0 Å². The molecule has 11 rings (SSSR count). The molecule has 0 spiro atoms. The second-order valence-electron chi connectivity index (χ2n) is 15.8. The van der Waals surface area contributed by atoms with Gasteiger partial charge < -0.3 is 14.4 Å². The topological polar surface area (TPSA) is 11.4 Å². The van der Waals surface area contributed by atoms with Crippen LogP contribution < -0.4 is 9.80 Å². The number of anilines is 6. The first kappa shape index (κ1) is 33.9. The standard InChI is InChI=1S/C55H41N3/c1-55(2)49-34-39-20-16-15-19-38(39)33-48(49)46-32-31-44(35-50(46)55)56(40-21-7-3-8-22-40)45-36-52(57(41-23-9-4-10-24-41)42-25-11-5-12-26-42)54-47-29-17-18-30-51(47)58(53(54)37-45)43-27-13-6-14-28-43/h3-37H,1-2H3. The van der Waals surface area contributed by atoms with Crippen LogP contribution in [0.5, 0.6) is 0 Å². The summed E-state index contributed by atoms with van der Waals surface area (Å²) in [7, 11) is 0. The van der Waals surface area contributed by atoms with Crippen molar-refractivity contribution in [2.45, 2.75) is 19.3 Å². The van der Waals surface area contributed by atoms with Crippen LogP contribution in [0.1, 0.15) is 25.0 Å². The maximum absolute atomic E-state index is 2.44. The molecule has 10 aromatic rings. The van der Waals surface area contributed by atoms with Crippen molar-refractivity contribution in [3.63, 3.8) is 0 Å². The zero-order valence-corrected chi connectivity index (χ0v) is 32.5. The molecule has 0 radical (unpaired) electrons. The lowest BCUT2D eigenvalue weighted by molar-refractivity contribution is 0.661. The highest BCUT2D eigenvalue weighted by molar-refractivity contribution is 6.18. The molecule has 3 heteroatoms. The monoisotopic (exact) mass is 743 g/mol. The predicted octanol–water partition coefficient (Wildman–Crippen LogP) is 15.2. The SMILES string of the molecule is CC1(C)c2cc(N(c3ccccc3)c3cc(N(c4ccccc4)c4ccccc4)c4c5ccccc5n(-c5ccccc5)c4c3)ccc2-c2cc3ccccc3cc21. The van der Waals surface area contributed by atoms with Gasteiger partial charge in [0.25, 0.3) is 0 Å². The maximum atomic E-state index is 2.44. The fourth-order valence-electron chi connectivity index (χ4n) is 9.37. The van der Waals surface area contributed by atoms with Gasteiger partial charge in [0.2, 0.25) is 0 Å². The average Bonchev–Trinajstić information content (AvgIpc) is 3.72. The van der Waals surface area contributed by atoms with Gasteiger partial charge in [0, 0.05) is 44.6 Å². The largest absolute Gasteiger partial charge is 0.310 e. The summed E-state index contributed by atoms with van der Waals surface area (Å²) in [5.41, 5.74) is 15.2. The minimum absolute atomic E-state index is 0.181. The fourth-order valence-corrected chi connectivity index (χ4v) is 9.37. The predicted molar refractivity (Wildman–Crippen MR) is 245 cm³/mol. The van der Waals surface area contributed by atoms with Crippen molar-refractivity contribution in [3.8, 4) is 16.8 Å². The Morgan fingerprint density at radius 2 is 0.914 bits per heavy atom. The molecule has 0 fully saturated rings. The third-order valence-corrected chi connectivity index (χ3v) is 12.1. The smallest absolute Gasteiger partial charge is 0.0583 e. The number of para-hydroxylation sites is 5. The van der Waals surface area contributed by atoms with Crippen LogP contribution in [0.3, 0.4) is 0 Å². The molecule has 1 aromatic heterocycles. The lowest BCUT2D eigenvalue weighted by atomic mass is 9.81. The van der Waals surface area contributed by atoms with E-state index in [4.69, 9.17) is 0 Å². The molecule has 1 heterocycles. The van der Waals surface area contributed by atoms with Gasteiger partial charge in [-0.25, -0.2) is 0 Å². The van der Waals surface area contributed by atoms with E-state index < -0.39 is 0 Å². The van der Waals surface area contributed by atoms with Gasteiger partial charge in [0.15, 0.2) is 0 Å². The molecular formula is C55H41N3. The number of hydrogen-bond donors (Lipinski definition) is 0. The molecule has 3 nitrogen and oxygen atoms in total. The third kappa shape index (κ3) is 5.35. The summed E-state index contributed by atoms with van der Waals surface area (Å²) >= 11 is 0. The van der Waals surface area contributed by atoms with E-state index in [-0.39, 0.29) is 5.41 Å². The molecular weight excluding hydrogens is 703 g/mol. The molecule has 0 saturated carbocycles. The molecule has 0 unspecified atom stereocenters. The maximum Gasteiger partial charge on any atom is 0.0583 e. The summed E-state index contributed by atoms with van der Waals surface area (Å²) in [5, 5.41) is 4.96. The number of benzene rings is 9. The molecule has 58 heavy (non-hydrogen) atoms. The second kappa shape index (κ2) is 13.4. The number of nitrogens with zero attached hydrogens (tertiary/aromatic N) is 3. The normalized spacial score (nSPS) is 12.8. The summed E-state index contributed by atoms with van der Waals surface area (Å²) in [6, 6.07) is 77.4. The van der Waals surface area contributed by atoms with Gasteiger partial charge in [-0.05, 0) is 124 Å². The number of fused-ring (bicyclic) bond motifs is 7. The van der Waals surface area contributed by atoms with E-state index in [2.05, 4.69) is 241 Å². The Hall–Kier alpha value is -7.36. The first-order valence-electron chi connectivity index (χ1n) is 20.1. The molecule has 1 aliphatic rings. The van der Waals surface area contributed by atoms with E-state index in [9.17, 15) is 0 Å². The Kier molecular flexibility index (Phi) is 7.84. The Labute approximate surface area is 339 Å². The van der Waals surface area contributed by atoms with Gasteiger partial charge in [-0.15, -0.1) is 0 Å². The van der Waals surface area contributed by atoms with Crippen LogP contribution in [0.2, 0.25) is 0 Å². The van der Waals surface area contributed by atoms with Gasteiger partial charge in [-0.3, -0.25) is 0 Å². The molecule has 0 bridgehead atoms. The highest BCUT2D eigenvalue weighted by atomic mass is 15.2. The number of rotatable bonds is 7. The van der Waals surface area contributed by atoms with Gasteiger partial charge in [-0.1, -0.05) is 135 Å². The molecule has 0 atom stereocenters. The van der Waals surface area contributed by atoms with Gasteiger partial charge >= 0.3 is 0 Å². The highest BCUT2D eigenvalue weighted by Crippen LogP contribution is 2.53. The van der Waals surface area contributed by atoms with Gasteiger partial charge in [0.05, 0.1) is 22.4 Å². The molecule has 276 valence electrons. The summed E-state index contributed by atoms with van der Waals surface area (Å²) < 4.78 is 2.43. The van der Waals surface area contributed by atoms with E-state index in [0.29, 0.717) is 0 Å². The Morgan fingerprint density at radius 3 is 1.57 bits per heavy atom. The summed E-state index contributed by atoms with van der Waals surface area (Å²) in [5.74, 6) is 0. The third-order valence-electron chi connectivity index (χ3n) is 12.1. The average molecular weight is 744 g/mol. The van der Waals surface area contributed by atoms with Crippen molar-refractivity contribution in [2.24, 2.45) is 0 Å². The molecule has 0 N–H and O–H groups in total. The van der Waals surface area contributed by atoms with Crippen LogP contribution in [-0.2, 0) is 5.41 Å². The highest BCUT2D eigenvalue weighted by Gasteiger charge is 2.36. The zero-order chi connectivity index (χ0) is 38.8. The summed E-state index contributed by atoms with van der Waals surface area (Å²) in [6.07, 6.45) is 0. The minimum Gasteiger partial charge on any atom is -0.310 e. The van der Waals surface area contributed by atoms with E-state index in [0.717, 1.165) is 45.3 Å². The minimum atomic E-state index is -0.181. The van der Waals surface area contributed by atoms with E-state index in [1.807, 2.05) is 0 Å².